The van der Waals surface area contributed by atoms with Crippen molar-refractivity contribution in [1.29, 1.82) is 0 Å². The largest absolute Gasteiger partial charge is 0.375 e. The van der Waals surface area contributed by atoms with Crippen molar-refractivity contribution in [3.8, 4) is 22.6 Å². The van der Waals surface area contributed by atoms with E-state index in [1.54, 1.807) is 36.9 Å². The lowest BCUT2D eigenvalue weighted by Gasteiger charge is -2.32. The zero-order chi connectivity index (χ0) is 34.6. The number of pyridine rings is 2. The van der Waals surface area contributed by atoms with Crippen molar-refractivity contribution in [1.82, 2.24) is 29.6 Å². The molecule has 2 aromatic carbocycles. The third-order valence-corrected chi connectivity index (χ3v) is 10.0. The molecule has 0 unspecified atom stereocenters. The van der Waals surface area contributed by atoms with Crippen molar-refractivity contribution in [2.45, 2.75) is 52.8 Å². The fourth-order valence-corrected chi connectivity index (χ4v) is 7.53. The molecular formula is C37H35N7O4S. The normalized spacial score (nSPS) is 15.9. The molecule has 0 bridgehead atoms. The van der Waals surface area contributed by atoms with Gasteiger partial charge in [0.25, 0.3) is 17.4 Å². The quantitative estimate of drug-likeness (QED) is 0.228. The van der Waals surface area contributed by atoms with Gasteiger partial charge in [0.2, 0.25) is 0 Å². The number of hydrogen-bond donors (Lipinski definition) is 3. The van der Waals surface area contributed by atoms with Crippen LogP contribution in [0.5, 0.6) is 0 Å². The van der Waals surface area contributed by atoms with Crippen LogP contribution in [-0.2, 0) is 30.5 Å². The second-order valence-corrected chi connectivity index (χ2v) is 13.4. The summed E-state index contributed by atoms with van der Waals surface area (Å²) in [5.41, 5.74) is 8.40. The average molecular weight is 674 g/mol. The van der Waals surface area contributed by atoms with Crippen LogP contribution in [0.3, 0.4) is 0 Å². The summed E-state index contributed by atoms with van der Waals surface area (Å²) in [6.45, 7) is 8.59. The van der Waals surface area contributed by atoms with Gasteiger partial charge in [-0.1, -0.05) is 42.8 Å². The fourth-order valence-electron chi connectivity index (χ4n) is 6.83. The Bertz CT molecular complexity index is 2350. The van der Waals surface area contributed by atoms with Crippen LogP contribution in [0.1, 0.15) is 57.2 Å². The summed E-state index contributed by atoms with van der Waals surface area (Å²) >= 11 is 1.42. The van der Waals surface area contributed by atoms with Crippen LogP contribution >= 0.6 is 11.3 Å². The number of carbonyl (C=O) groups is 2. The topological polar surface area (TPSA) is 144 Å². The summed E-state index contributed by atoms with van der Waals surface area (Å²) in [7, 11) is 1.74. The van der Waals surface area contributed by atoms with Gasteiger partial charge in [0.05, 0.1) is 29.1 Å². The molecule has 0 aliphatic carbocycles. The summed E-state index contributed by atoms with van der Waals surface area (Å²) in [6.07, 6.45) is 1.80. The number of carbonyl (C=O) groups excluding carboxylic acids is 2. The first kappa shape index (κ1) is 32.1. The first-order chi connectivity index (χ1) is 23.5. The lowest BCUT2D eigenvalue weighted by Crippen LogP contribution is -2.50. The van der Waals surface area contributed by atoms with Gasteiger partial charge in [-0.15, -0.1) is 11.3 Å². The molecule has 3 N–H and O–H groups in total. The Morgan fingerprint density at radius 1 is 1.06 bits per heavy atom. The molecule has 0 fully saturated rings. The van der Waals surface area contributed by atoms with Crippen molar-refractivity contribution in [2.24, 2.45) is 7.05 Å². The Morgan fingerprint density at radius 3 is 2.53 bits per heavy atom. The maximum Gasteiger partial charge on any atom is 0.275 e. The first-order valence-corrected chi connectivity index (χ1v) is 16.9. The summed E-state index contributed by atoms with van der Waals surface area (Å²) in [6, 6.07) is 17.6. The summed E-state index contributed by atoms with van der Waals surface area (Å²) in [4.78, 5) is 46.8. The molecule has 2 amide bonds. The predicted octanol–water partition coefficient (Wildman–Crippen LogP) is 5.37. The number of rotatable bonds is 4. The van der Waals surface area contributed by atoms with Crippen LogP contribution in [0, 0.1) is 20.8 Å². The van der Waals surface area contributed by atoms with E-state index in [2.05, 4.69) is 59.7 Å². The molecular weight excluding hydrogens is 639 g/mol. The van der Waals surface area contributed by atoms with Crippen LogP contribution in [0.25, 0.3) is 33.5 Å². The number of thiazole rings is 1. The maximum atomic E-state index is 13.1. The minimum atomic E-state index is -1.68. The smallest absolute Gasteiger partial charge is 0.275 e. The van der Waals surface area contributed by atoms with Gasteiger partial charge in [-0.25, -0.2) is 9.97 Å². The number of nitrogens with zero attached hydrogens (tertiary/aromatic N) is 5. The molecule has 2 aliphatic heterocycles. The lowest BCUT2D eigenvalue weighted by molar-refractivity contribution is -0.142. The van der Waals surface area contributed by atoms with E-state index in [0.29, 0.717) is 34.2 Å². The molecule has 12 heteroatoms. The molecule has 1 atom stereocenters. The van der Waals surface area contributed by atoms with Crippen LogP contribution in [0.2, 0.25) is 0 Å². The van der Waals surface area contributed by atoms with E-state index in [-0.39, 0.29) is 24.4 Å². The van der Waals surface area contributed by atoms with Crippen LogP contribution in [0.4, 0.5) is 5.13 Å². The number of anilines is 1. The van der Waals surface area contributed by atoms with Crippen LogP contribution in [-0.4, -0.2) is 41.2 Å². The molecule has 0 saturated carbocycles. The minimum absolute atomic E-state index is 0.140. The number of para-hydroxylation sites is 1. The fraction of sp³-hybridized carbons (Fsp3) is 0.243. The maximum absolute atomic E-state index is 13.1. The SMILES string of the molecule is CC[C@@]1(O)C(=O)NCc2c1cc1n(c2=O)Cc2cc3ccccc3nc2-1.Cc1cc(C)c(-c2csc(NC(=O)c3ccnn3C)n2)c(C)c1. The highest BCUT2D eigenvalue weighted by molar-refractivity contribution is 7.14. The molecule has 0 saturated heterocycles. The first-order valence-electron chi connectivity index (χ1n) is 16.0. The van der Waals surface area contributed by atoms with E-state index in [4.69, 9.17) is 4.98 Å². The number of aliphatic hydroxyl groups is 1. The summed E-state index contributed by atoms with van der Waals surface area (Å²) in [5, 5.41) is 24.0. The van der Waals surface area contributed by atoms with Crippen molar-refractivity contribution in [3.63, 3.8) is 0 Å². The zero-order valence-corrected chi connectivity index (χ0v) is 28.6. The molecule has 4 aromatic heterocycles. The second-order valence-electron chi connectivity index (χ2n) is 12.5. The number of benzene rings is 2. The highest BCUT2D eigenvalue weighted by atomic mass is 32.1. The molecule has 2 aliphatic rings. The molecule has 0 spiro atoms. The third-order valence-electron chi connectivity index (χ3n) is 9.24. The Labute approximate surface area is 286 Å². The molecule has 11 nitrogen and oxygen atoms in total. The Balaban J connectivity index is 0.000000156. The van der Waals surface area contributed by atoms with Gasteiger partial charge in [-0.2, -0.15) is 5.10 Å². The number of nitrogens with one attached hydrogen (secondary N) is 2. The van der Waals surface area contributed by atoms with Gasteiger partial charge in [0, 0.05) is 52.8 Å². The van der Waals surface area contributed by atoms with E-state index >= 15 is 0 Å². The molecule has 0 radical (unpaired) electrons. The van der Waals surface area contributed by atoms with Gasteiger partial charge >= 0.3 is 0 Å². The highest BCUT2D eigenvalue weighted by Gasteiger charge is 2.43. The monoisotopic (exact) mass is 673 g/mol. The van der Waals surface area contributed by atoms with E-state index in [1.165, 1.54) is 32.7 Å². The third kappa shape index (κ3) is 5.52. The molecule has 6 heterocycles. The second kappa shape index (κ2) is 12.2. The van der Waals surface area contributed by atoms with Crippen molar-refractivity contribution < 1.29 is 14.7 Å². The molecule has 248 valence electrons. The van der Waals surface area contributed by atoms with E-state index < -0.39 is 11.5 Å². The van der Waals surface area contributed by atoms with E-state index in [0.717, 1.165) is 33.4 Å². The molecule has 49 heavy (non-hydrogen) atoms. The minimum Gasteiger partial charge on any atom is -0.375 e. The lowest BCUT2D eigenvalue weighted by atomic mass is 9.84. The summed E-state index contributed by atoms with van der Waals surface area (Å²) in [5.74, 6) is -0.662. The van der Waals surface area contributed by atoms with Gasteiger partial charge in [-0.3, -0.25) is 24.4 Å². The van der Waals surface area contributed by atoms with Crippen LogP contribution in [0.15, 0.2) is 71.0 Å². The van der Waals surface area contributed by atoms with Gasteiger partial charge in [-0.05, 0) is 62.6 Å². The van der Waals surface area contributed by atoms with Gasteiger partial charge < -0.3 is 15.0 Å². The average Bonchev–Trinajstić information content (AvgIpc) is 3.81. The van der Waals surface area contributed by atoms with E-state index in [1.807, 2.05) is 29.6 Å². The molecule has 6 aromatic rings. The predicted molar refractivity (Wildman–Crippen MR) is 189 cm³/mol. The van der Waals surface area contributed by atoms with E-state index in [9.17, 15) is 19.5 Å². The standard InChI is InChI=1S/C20H17N3O3.C17H18N4OS/c1-2-20(26)14-8-16-17-12(7-11-5-3-4-6-15(11)22-17)10-23(16)18(24)13(14)9-21-19(20)25;1-10-7-11(2)15(12(3)8-10)13-9-23-17(19-13)20-16(22)14-5-6-18-21(14)4/h3-8,26H,2,9-10H2,1H3,(H,21,25);5-9H,1-4H3,(H,19,20,22)/t20-;/m0./s1. The number of aromatic nitrogens is 5. The molecule has 8 rings (SSSR count). The number of fused-ring (bicyclic) bond motifs is 5. The van der Waals surface area contributed by atoms with Gasteiger partial charge in [0.15, 0.2) is 10.7 Å². The number of amides is 2. The van der Waals surface area contributed by atoms with Crippen molar-refractivity contribution in [3.05, 3.63) is 116 Å². The summed E-state index contributed by atoms with van der Waals surface area (Å²) < 4.78 is 3.22. The van der Waals surface area contributed by atoms with Crippen molar-refractivity contribution in [2.75, 3.05) is 5.32 Å². The van der Waals surface area contributed by atoms with Crippen molar-refractivity contribution >= 4 is 39.2 Å². The van der Waals surface area contributed by atoms with Crippen LogP contribution < -0.4 is 16.2 Å². The Morgan fingerprint density at radius 2 is 1.82 bits per heavy atom. The zero-order valence-electron chi connectivity index (χ0n) is 27.8. The Kier molecular flexibility index (Phi) is 8.00. The number of aryl methyl sites for hydroxylation is 4. The van der Waals surface area contributed by atoms with Gasteiger partial charge in [0.1, 0.15) is 5.69 Å². The highest BCUT2D eigenvalue weighted by Crippen LogP contribution is 2.37. The number of hydrogen-bond acceptors (Lipinski definition) is 8. The Hall–Kier alpha value is -5.46.